The highest BCUT2D eigenvalue weighted by Crippen LogP contribution is 2.25. The van der Waals surface area contributed by atoms with Gasteiger partial charge in [-0.15, -0.1) is 0 Å². The minimum Gasteiger partial charge on any atom is -0.330 e. The van der Waals surface area contributed by atoms with E-state index in [0.29, 0.717) is 0 Å². The summed E-state index contributed by atoms with van der Waals surface area (Å²) in [4.78, 5) is 2.71. The maximum atomic E-state index is 5.76. The third kappa shape index (κ3) is 2.65. The molecule has 1 unspecified atom stereocenters. The second-order valence-electron chi connectivity index (χ2n) is 4.58. The van der Waals surface area contributed by atoms with Crippen molar-refractivity contribution >= 4 is 11.8 Å². The molecule has 2 aliphatic rings. The molecule has 2 aliphatic heterocycles. The summed E-state index contributed by atoms with van der Waals surface area (Å²) in [5, 5.41) is 0. The van der Waals surface area contributed by atoms with Crippen molar-refractivity contribution in [2.45, 2.75) is 31.7 Å². The van der Waals surface area contributed by atoms with Gasteiger partial charge in [0.05, 0.1) is 0 Å². The smallest absolute Gasteiger partial charge is 0.0111 e. The monoisotopic (exact) mass is 214 g/mol. The van der Waals surface area contributed by atoms with Gasteiger partial charge >= 0.3 is 0 Å². The Labute approximate surface area is 91.6 Å². The van der Waals surface area contributed by atoms with Gasteiger partial charge in [-0.1, -0.05) is 0 Å². The molecule has 3 heteroatoms. The number of rotatable bonds is 2. The highest BCUT2D eigenvalue weighted by Gasteiger charge is 2.26. The average molecular weight is 214 g/mol. The maximum absolute atomic E-state index is 5.76. The second kappa shape index (κ2) is 5.38. The zero-order valence-corrected chi connectivity index (χ0v) is 9.77. The first-order valence-electron chi connectivity index (χ1n) is 5.92. The van der Waals surface area contributed by atoms with Crippen molar-refractivity contribution < 1.29 is 0 Å². The van der Waals surface area contributed by atoms with Crippen LogP contribution in [0.5, 0.6) is 0 Å². The van der Waals surface area contributed by atoms with Gasteiger partial charge in [0.1, 0.15) is 0 Å². The molecule has 0 bridgehead atoms. The van der Waals surface area contributed by atoms with Gasteiger partial charge in [0.15, 0.2) is 0 Å². The second-order valence-corrected chi connectivity index (χ2v) is 5.81. The third-order valence-electron chi connectivity index (χ3n) is 3.59. The fourth-order valence-electron chi connectivity index (χ4n) is 2.67. The third-order valence-corrected chi connectivity index (χ3v) is 4.64. The van der Waals surface area contributed by atoms with Crippen LogP contribution in [-0.2, 0) is 0 Å². The summed E-state index contributed by atoms with van der Waals surface area (Å²) in [6, 6.07) is 0.880. The van der Waals surface area contributed by atoms with E-state index < -0.39 is 0 Å². The lowest BCUT2D eigenvalue weighted by atomic mass is 9.95. The van der Waals surface area contributed by atoms with Gasteiger partial charge in [0.2, 0.25) is 0 Å². The quantitative estimate of drug-likeness (QED) is 0.756. The Bertz CT molecular complexity index is 169. The fraction of sp³-hybridized carbons (Fsp3) is 1.00. The van der Waals surface area contributed by atoms with Crippen LogP contribution in [0.3, 0.4) is 0 Å². The van der Waals surface area contributed by atoms with Gasteiger partial charge in [-0.05, 0) is 56.2 Å². The highest BCUT2D eigenvalue weighted by atomic mass is 32.2. The van der Waals surface area contributed by atoms with Crippen molar-refractivity contribution in [3.8, 4) is 0 Å². The number of nitrogens with zero attached hydrogens (tertiary/aromatic N) is 1. The Morgan fingerprint density at radius 3 is 2.71 bits per heavy atom. The summed E-state index contributed by atoms with van der Waals surface area (Å²) in [6.07, 6.45) is 5.53. The Hall–Kier alpha value is 0.270. The maximum Gasteiger partial charge on any atom is 0.0111 e. The molecule has 0 amide bonds. The van der Waals surface area contributed by atoms with Gasteiger partial charge in [-0.25, -0.2) is 0 Å². The van der Waals surface area contributed by atoms with Crippen LogP contribution in [0, 0.1) is 5.92 Å². The first-order valence-corrected chi connectivity index (χ1v) is 7.07. The van der Waals surface area contributed by atoms with Crippen molar-refractivity contribution in [3.05, 3.63) is 0 Å². The van der Waals surface area contributed by atoms with Crippen molar-refractivity contribution in [1.29, 1.82) is 0 Å². The summed E-state index contributed by atoms with van der Waals surface area (Å²) < 4.78 is 0. The Morgan fingerprint density at radius 1 is 1.21 bits per heavy atom. The normalized spacial score (nSPS) is 31.9. The van der Waals surface area contributed by atoms with E-state index in [0.717, 1.165) is 18.5 Å². The van der Waals surface area contributed by atoms with Crippen LogP contribution in [-0.4, -0.2) is 42.1 Å². The first kappa shape index (κ1) is 10.8. The number of hydrogen-bond donors (Lipinski definition) is 1. The van der Waals surface area contributed by atoms with Gasteiger partial charge in [-0.2, -0.15) is 11.8 Å². The summed E-state index contributed by atoms with van der Waals surface area (Å²) in [5.74, 6) is 3.52. The molecule has 1 atom stereocenters. The lowest BCUT2D eigenvalue weighted by molar-refractivity contribution is 0.119. The van der Waals surface area contributed by atoms with E-state index in [4.69, 9.17) is 5.73 Å². The van der Waals surface area contributed by atoms with Crippen LogP contribution in [0.15, 0.2) is 0 Å². The Kier molecular flexibility index (Phi) is 4.14. The number of hydrogen-bond acceptors (Lipinski definition) is 3. The van der Waals surface area contributed by atoms with Crippen LogP contribution >= 0.6 is 11.8 Å². The van der Waals surface area contributed by atoms with E-state index in [2.05, 4.69) is 16.7 Å². The van der Waals surface area contributed by atoms with Crippen molar-refractivity contribution in [3.63, 3.8) is 0 Å². The molecule has 0 aromatic carbocycles. The highest BCUT2D eigenvalue weighted by molar-refractivity contribution is 7.99. The Balaban J connectivity index is 1.83. The van der Waals surface area contributed by atoms with Crippen molar-refractivity contribution in [2.24, 2.45) is 11.7 Å². The molecule has 0 saturated carbocycles. The van der Waals surface area contributed by atoms with Crippen LogP contribution in [0.1, 0.15) is 25.7 Å². The molecule has 0 spiro atoms. The Morgan fingerprint density at radius 2 is 2.00 bits per heavy atom. The van der Waals surface area contributed by atoms with E-state index in [1.54, 1.807) is 0 Å². The molecule has 82 valence electrons. The summed E-state index contributed by atoms with van der Waals surface area (Å²) in [5.41, 5.74) is 5.76. The van der Waals surface area contributed by atoms with E-state index in [1.165, 1.54) is 50.3 Å². The van der Waals surface area contributed by atoms with E-state index >= 15 is 0 Å². The number of likely N-dealkylation sites (tertiary alicyclic amines) is 1. The molecule has 2 N–H and O–H groups in total. The topological polar surface area (TPSA) is 29.3 Å². The number of thioether (sulfide) groups is 1. The molecule has 2 rings (SSSR count). The van der Waals surface area contributed by atoms with Crippen LogP contribution in [0.4, 0.5) is 0 Å². The largest absolute Gasteiger partial charge is 0.330 e. The minimum atomic E-state index is 0.776. The number of nitrogens with two attached hydrogens (primary N) is 1. The van der Waals surface area contributed by atoms with Crippen LogP contribution < -0.4 is 5.73 Å². The molecule has 0 aromatic heterocycles. The lowest BCUT2D eigenvalue weighted by Crippen LogP contribution is -2.45. The van der Waals surface area contributed by atoms with Gasteiger partial charge < -0.3 is 10.6 Å². The molecule has 14 heavy (non-hydrogen) atoms. The first-order chi connectivity index (χ1) is 6.90. The molecule has 0 radical (unpaired) electrons. The predicted molar refractivity (Wildman–Crippen MR) is 63.7 cm³/mol. The standard InChI is InChI=1S/C11H22N2S/c12-8-10-2-1-5-13(9-10)11-3-6-14-7-4-11/h10-11H,1-9,12H2. The van der Waals surface area contributed by atoms with E-state index in [-0.39, 0.29) is 0 Å². The lowest BCUT2D eigenvalue weighted by Gasteiger charge is -2.39. The summed E-state index contributed by atoms with van der Waals surface area (Å²) in [6.45, 7) is 3.48. The SMILES string of the molecule is NCC1CCCN(C2CCSCC2)C1. The van der Waals surface area contributed by atoms with Gasteiger partial charge in [0.25, 0.3) is 0 Å². The molecule has 0 aromatic rings. The zero-order chi connectivity index (χ0) is 9.80. The molecular weight excluding hydrogens is 192 g/mol. The van der Waals surface area contributed by atoms with Gasteiger partial charge in [-0.3, -0.25) is 0 Å². The van der Waals surface area contributed by atoms with Crippen LogP contribution in [0.25, 0.3) is 0 Å². The van der Waals surface area contributed by atoms with Crippen molar-refractivity contribution in [1.82, 2.24) is 4.90 Å². The van der Waals surface area contributed by atoms with Crippen LogP contribution in [0.2, 0.25) is 0 Å². The molecular formula is C11H22N2S. The zero-order valence-electron chi connectivity index (χ0n) is 8.95. The summed E-state index contributed by atoms with van der Waals surface area (Å²) >= 11 is 2.12. The predicted octanol–water partition coefficient (Wildman–Crippen LogP) is 1.55. The van der Waals surface area contributed by atoms with Crippen molar-refractivity contribution in [2.75, 3.05) is 31.1 Å². The molecule has 2 saturated heterocycles. The molecule has 2 heterocycles. The number of piperidine rings is 1. The van der Waals surface area contributed by atoms with Gasteiger partial charge in [0, 0.05) is 12.6 Å². The summed E-state index contributed by atoms with van der Waals surface area (Å²) in [7, 11) is 0. The van der Waals surface area contributed by atoms with E-state index in [1.807, 2.05) is 0 Å². The molecule has 2 nitrogen and oxygen atoms in total. The minimum absolute atomic E-state index is 0.776. The molecule has 0 aliphatic carbocycles. The average Bonchev–Trinajstić information content (AvgIpc) is 2.30. The molecule has 2 fully saturated rings. The van der Waals surface area contributed by atoms with E-state index in [9.17, 15) is 0 Å². The fourth-order valence-corrected chi connectivity index (χ4v) is 3.75.